The van der Waals surface area contributed by atoms with Gasteiger partial charge in [-0.25, -0.2) is 0 Å². The van der Waals surface area contributed by atoms with Crippen molar-refractivity contribution in [2.24, 2.45) is 0 Å². The number of rotatable bonds is 7. The molecule has 1 N–H and O–H groups in total. The highest BCUT2D eigenvalue weighted by molar-refractivity contribution is 5.66. The topological polar surface area (TPSA) is 92.6 Å². The zero-order chi connectivity index (χ0) is 13.9. The Balaban J connectivity index is 1.64. The number of carbonyl (C=O) groups is 1. The van der Waals surface area contributed by atoms with Crippen LogP contribution in [0.15, 0.2) is 27.3 Å². The SMILES string of the molecule is O=C(O)CCN(Cc1noc(-c2ccco2)n1)C1CC1. The Morgan fingerprint density at radius 3 is 3.00 bits per heavy atom. The van der Waals surface area contributed by atoms with Gasteiger partial charge in [0.25, 0.3) is 5.89 Å². The summed E-state index contributed by atoms with van der Waals surface area (Å²) >= 11 is 0. The minimum atomic E-state index is -0.792. The summed E-state index contributed by atoms with van der Waals surface area (Å²) in [5.41, 5.74) is 0. The first kappa shape index (κ1) is 12.9. The van der Waals surface area contributed by atoms with Crippen LogP contribution in [0, 0.1) is 0 Å². The summed E-state index contributed by atoms with van der Waals surface area (Å²) in [6.45, 7) is 1.01. The summed E-state index contributed by atoms with van der Waals surface area (Å²) in [5, 5.41) is 12.7. The molecule has 106 valence electrons. The van der Waals surface area contributed by atoms with Crippen molar-refractivity contribution in [3.8, 4) is 11.7 Å². The molecular formula is C13H15N3O4. The van der Waals surface area contributed by atoms with Gasteiger partial charge in [-0.2, -0.15) is 4.98 Å². The summed E-state index contributed by atoms with van der Waals surface area (Å²) in [7, 11) is 0. The van der Waals surface area contributed by atoms with Gasteiger partial charge in [-0.3, -0.25) is 9.69 Å². The van der Waals surface area contributed by atoms with Crippen LogP contribution in [-0.4, -0.2) is 38.7 Å². The predicted octanol–water partition coefficient (Wildman–Crippen LogP) is 1.77. The Labute approximate surface area is 115 Å². The van der Waals surface area contributed by atoms with Crippen LogP contribution in [0.1, 0.15) is 25.1 Å². The second-order valence-corrected chi connectivity index (χ2v) is 4.84. The minimum absolute atomic E-state index is 0.124. The standard InChI is InChI=1S/C13H15N3O4/c17-12(18)5-6-16(9-3-4-9)8-11-14-13(20-15-11)10-2-1-7-19-10/h1-2,7,9H,3-6,8H2,(H,17,18). The van der Waals surface area contributed by atoms with Gasteiger partial charge in [-0.1, -0.05) is 5.16 Å². The number of furan rings is 1. The summed E-state index contributed by atoms with van der Waals surface area (Å²) in [4.78, 5) is 17.0. The molecule has 2 heterocycles. The summed E-state index contributed by atoms with van der Waals surface area (Å²) in [6.07, 6.45) is 3.87. The van der Waals surface area contributed by atoms with E-state index in [1.54, 1.807) is 18.4 Å². The Morgan fingerprint density at radius 2 is 2.35 bits per heavy atom. The number of aliphatic carboxylic acids is 1. The van der Waals surface area contributed by atoms with Gasteiger partial charge in [-0.15, -0.1) is 0 Å². The van der Waals surface area contributed by atoms with Crippen molar-refractivity contribution in [2.45, 2.75) is 31.8 Å². The summed E-state index contributed by atoms with van der Waals surface area (Å²) in [5.74, 6) is 0.639. The molecule has 2 aromatic heterocycles. The average Bonchev–Trinajstić information content (AvgIpc) is 2.93. The molecule has 1 aliphatic carbocycles. The molecule has 7 nitrogen and oxygen atoms in total. The molecule has 20 heavy (non-hydrogen) atoms. The van der Waals surface area contributed by atoms with E-state index in [4.69, 9.17) is 14.0 Å². The highest BCUT2D eigenvalue weighted by Crippen LogP contribution is 2.28. The van der Waals surface area contributed by atoms with E-state index >= 15 is 0 Å². The van der Waals surface area contributed by atoms with Crippen molar-refractivity contribution in [1.82, 2.24) is 15.0 Å². The molecule has 7 heteroatoms. The average molecular weight is 277 g/mol. The van der Waals surface area contributed by atoms with E-state index in [1.807, 2.05) is 0 Å². The molecule has 0 aliphatic heterocycles. The summed E-state index contributed by atoms with van der Waals surface area (Å²) in [6, 6.07) is 3.95. The Kier molecular flexibility index (Phi) is 3.51. The molecule has 3 rings (SSSR count). The van der Waals surface area contributed by atoms with Gasteiger partial charge in [0.05, 0.1) is 19.2 Å². The van der Waals surface area contributed by atoms with Crippen molar-refractivity contribution < 1.29 is 18.8 Å². The molecule has 1 saturated carbocycles. The van der Waals surface area contributed by atoms with Crippen LogP contribution in [-0.2, 0) is 11.3 Å². The Bertz CT molecular complexity index is 574. The molecule has 0 aromatic carbocycles. The van der Waals surface area contributed by atoms with E-state index < -0.39 is 5.97 Å². The quantitative estimate of drug-likeness (QED) is 0.824. The number of carboxylic acid groups (broad SMARTS) is 1. The van der Waals surface area contributed by atoms with Crippen molar-refractivity contribution in [2.75, 3.05) is 6.54 Å². The number of nitrogens with zero attached hydrogens (tertiary/aromatic N) is 3. The van der Waals surface area contributed by atoms with E-state index in [0.717, 1.165) is 12.8 Å². The van der Waals surface area contributed by atoms with Crippen molar-refractivity contribution >= 4 is 5.97 Å². The lowest BCUT2D eigenvalue weighted by molar-refractivity contribution is -0.137. The molecule has 0 unspecified atom stereocenters. The zero-order valence-corrected chi connectivity index (χ0v) is 10.9. The summed E-state index contributed by atoms with van der Waals surface area (Å²) < 4.78 is 10.3. The molecule has 1 aliphatic rings. The van der Waals surface area contributed by atoms with Crippen LogP contribution in [0.2, 0.25) is 0 Å². The zero-order valence-electron chi connectivity index (χ0n) is 10.9. The van der Waals surface area contributed by atoms with Crippen LogP contribution in [0.5, 0.6) is 0 Å². The van der Waals surface area contributed by atoms with Crippen LogP contribution in [0.25, 0.3) is 11.7 Å². The fraction of sp³-hybridized carbons (Fsp3) is 0.462. The first-order valence-corrected chi connectivity index (χ1v) is 6.54. The van der Waals surface area contributed by atoms with Gasteiger partial charge in [0.15, 0.2) is 11.6 Å². The molecule has 0 amide bonds. The van der Waals surface area contributed by atoms with E-state index in [-0.39, 0.29) is 6.42 Å². The molecule has 0 bridgehead atoms. The monoisotopic (exact) mass is 277 g/mol. The van der Waals surface area contributed by atoms with Gasteiger partial charge < -0.3 is 14.0 Å². The lowest BCUT2D eigenvalue weighted by atomic mass is 10.3. The lowest BCUT2D eigenvalue weighted by Gasteiger charge is -2.18. The number of carboxylic acids is 1. The van der Waals surface area contributed by atoms with E-state index in [2.05, 4.69) is 15.0 Å². The van der Waals surface area contributed by atoms with Crippen molar-refractivity contribution in [1.29, 1.82) is 0 Å². The molecule has 0 radical (unpaired) electrons. The van der Waals surface area contributed by atoms with Crippen LogP contribution in [0.4, 0.5) is 0 Å². The van der Waals surface area contributed by atoms with Crippen LogP contribution >= 0.6 is 0 Å². The second kappa shape index (κ2) is 5.46. The van der Waals surface area contributed by atoms with Gasteiger partial charge >= 0.3 is 5.97 Å². The van der Waals surface area contributed by atoms with Crippen LogP contribution in [0.3, 0.4) is 0 Å². The van der Waals surface area contributed by atoms with Gasteiger partial charge in [0.1, 0.15) is 0 Å². The predicted molar refractivity (Wildman–Crippen MR) is 67.7 cm³/mol. The first-order valence-electron chi connectivity index (χ1n) is 6.54. The number of hydrogen-bond acceptors (Lipinski definition) is 6. The lowest BCUT2D eigenvalue weighted by Crippen LogP contribution is -2.28. The maximum Gasteiger partial charge on any atom is 0.304 e. The van der Waals surface area contributed by atoms with Gasteiger partial charge in [0, 0.05) is 12.6 Å². The van der Waals surface area contributed by atoms with E-state index in [9.17, 15) is 4.79 Å². The molecule has 2 aromatic rings. The smallest absolute Gasteiger partial charge is 0.304 e. The molecule has 0 saturated heterocycles. The fourth-order valence-corrected chi connectivity index (χ4v) is 2.07. The third-order valence-corrected chi connectivity index (χ3v) is 3.22. The largest absolute Gasteiger partial charge is 0.481 e. The van der Waals surface area contributed by atoms with Gasteiger partial charge in [-0.05, 0) is 25.0 Å². The second-order valence-electron chi connectivity index (χ2n) is 4.84. The van der Waals surface area contributed by atoms with Crippen LogP contribution < -0.4 is 0 Å². The highest BCUT2D eigenvalue weighted by atomic mass is 16.5. The van der Waals surface area contributed by atoms with Gasteiger partial charge in [0.2, 0.25) is 0 Å². The molecule has 0 atom stereocenters. The minimum Gasteiger partial charge on any atom is -0.481 e. The third-order valence-electron chi connectivity index (χ3n) is 3.22. The number of aromatic nitrogens is 2. The first-order chi connectivity index (χ1) is 9.72. The molecule has 1 fully saturated rings. The molecular weight excluding hydrogens is 262 g/mol. The van der Waals surface area contributed by atoms with E-state index in [0.29, 0.717) is 36.6 Å². The highest BCUT2D eigenvalue weighted by Gasteiger charge is 2.30. The Hall–Kier alpha value is -2.15. The maximum absolute atomic E-state index is 10.7. The fourth-order valence-electron chi connectivity index (χ4n) is 2.07. The normalized spacial score (nSPS) is 14.8. The number of hydrogen-bond donors (Lipinski definition) is 1. The maximum atomic E-state index is 10.7. The molecule has 0 spiro atoms. The van der Waals surface area contributed by atoms with Crippen molar-refractivity contribution in [3.05, 3.63) is 24.2 Å². The van der Waals surface area contributed by atoms with Crippen molar-refractivity contribution in [3.63, 3.8) is 0 Å². The van der Waals surface area contributed by atoms with E-state index in [1.165, 1.54) is 0 Å². The third kappa shape index (κ3) is 3.05. The Morgan fingerprint density at radius 1 is 1.50 bits per heavy atom.